The number of halogens is 3. The lowest BCUT2D eigenvalue weighted by Crippen LogP contribution is -2.17. The van der Waals surface area contributed by atoms with Crippen LogP contribution in [-0.4, -0.2) is 26.1 Å². The molecule has 1 N–H and O–H groups in total. The maximum atomic E-state index is 12.2. The van der Waals surface area contributed by atoms with Crippen molar-refractivity contribution in [2.24, 2.45) is 0 Å². The van der Waals surface area contributed by atoms with Crippen molar-refractivity contribution in [2.75, 3.05) is 16.2 Å². The first-order valence-electron chi connectivity index (χ1n) is 5.52. The Hall–Kier alpha value is -0.890. The smallest absolute Gasteiger partial charge is 0.282 e. The molecule has 0 heterocycles. The zero-order valence-corrected chi connectivity index (χ0v) is 11.8. The van der Waals surface area contributed by atoms with E-state index in [1.54, 1.807) is 19.1 Å². The van der Waals surface area contributed by atoms with E-state index in [1.807, 2.05) is 0 Å². The predicted molar refractivity (Wildman–Crippen MR) is 70.9 cm³/mol. The van der Waals surface area contributed by atoms with Crippen molar-refractivity contribution in [3.63, 3.8) is 0 Å². The molecule has 0 amide bonds. The van der Waals surface area contributed by atoms with Crippen LogP contribution in [0.15, 0.2) is 29.2 Å². The molecular weight excluding hydrogens is 299 g/mol. The highest BCUT2D eigenvalue weighted by Gasteiger charge is 2.27. The van der Waals surface area contributed by atoms with E-state index in [2.05, 4.69) is 4.72 Å². The second-order valence-electron chi connectivity index (χ2n) is 3.82. The molecule has 0 aromatic heterocycles. The third-order valence-corrected chi connectivity index (χ3v) is 4.63. The van der Waals surface area contributed by atoms with Crippen LogP contribution in [-0.2, 0) is 10.0 Å². The van der Waals surface area contributed by atoms with Gasteiger partial charge in [-0.15, -0.1) is 11.8 Å². The summed E-state index contributed by atoms with van der Waals surface area (Å²) in [5.41, 5.74) is 0.185. The Balaban J connectivity index is 2.84. The summed E-state index contributed by atoms with van der Waals surface area (Å²) in [6.45, 7) is 1.71. The standard InChI is InChI=1S/C11H14F3NO2S2/c1-2-7-19(16,17)15-9-5-3-4-6-10(9)18-8-11(12,13)14/h3-6,15H,2,7-8H2,1H3. The summed E-state index contributed by atoms with van der Waals surface area (Å²) in [6.07, 6.45) is -3.85. The lowest BCUT2D eigenvalue weighted by Gasteiger charge is -2.12. The van der Waals surface area contributed by atoms with Gasteiger partial charge in [0.1, 0.15) is 0 Å². The SMILES string of the molecule is CCCS(=O)(=O)Nc1ccccc1SCC(F)(F)F. The summed E-state index contributed by atoms with van der Waals surface area (Å²) in [4.78, 5) is 0.263. The van der Waals surface area contributed by atoms with Crippen LogP contribution >= 0.6 is 11.8 Å². The Morgan fingerprint density at radius 3 is 2.47 bits per heavy atom. The van der Waals surface area contributed by atoms with Crippen molar-refractivity contribution in [3.05, 3.63) is 24.3 Å². The third kappa shape index (κ3) is 6.20. The molecule has 0 aliphatic rings. The van der Waals surface area contributed by atoms with E-state index in [0.717, 1.165) is 0 Å². The first-order valence-corrected chi connectivity index (χ1v) is 8.16. The predicted octanol–water partition coefficient (Wildman–Crippen LogP) is 3.49. The van der Waals surface area contributed by atoms with Crippen LogP contribution in [0.1, 0.15) is 13.3 Å². The molecular formula is C11H14F3NO2S2. The normalized spacial score (nSPS) is 12.4. The average molecular weight is 313 g/mol. The summed E-state index contributed by atoms with van der Waals surface area (Å²) >= 11 is 0.561. The van der Waals surface area contributed by atoms with E-state index >= 15 is 0 Å². The molecule has 0 aliphatic carbocycles. The highest BCUT2D eigenvalue weighted by Crippen LogP contribution is 2.32. The molecule has 3 nitrogen and oxygen atoms in total. The van der Waals surface area contributed by atoms with Crippen molar-refractivity contribution < 1.29 is 21.6 Å². The highest BCUT2D eigenvalue weighted by molar-refractivity contribution is 7.99. The minimum atomic E-state index is -4.29. The van der Waals surface area contributed by atoms with Gasteiger partial charge in [0.2, 0.25) is 10.0 Å². The number of sulfonamides is 1. The van der Waals surface area contributed by atoms with E-state index in [4.69, 9.17) is 0 Å². The van der Waals surface area contributed by atoms with Gasteiger partial charge in [-0.2, -0.15) is 13.2 Å². The number of benzene rings is 1. The molecule has 0 bridgehead atoms. The molecule has 1 aromatic rings. The summed E-state index contributed by atoms with van der Waals surface area (Å²) < 4.78 is 62.0. The molecule has 0 atom stereocenters. The summed E-state index contributed by atoms with van der Waals surface area (Å²) in [5.74, 6) is -1.12. The van der Waals surface area contributed by atoms with Crippen molar-refractivity contribution in [1.82, 2.24) is 0 Å². The highest BCUT2D eigenvalue weighted by atomic mass is 32.2. The summed E-state index contributed by atoms with van der Waals surface area (Å²) in [7, 11) is -3.51. The number of hydrogen-bond donors (Lipinski definition) is 1. The van der Waals surface area contributed by atoms with Crippen molar-refractivity contribution in [1.29, 1.82) is 0 Å². The van der Waals surface area contributed by atoms with Gasteiger partial charge in [0, 0.05) is 4.90 Å². The van der Waals surface area contributed by atoms with Crippen molar-refractivity contribution in [2.45, 2.75) is 24.4 Å². The molecule has 0 fully saturated rings. The molecule has 0 aliphatic heterocycles. The topological polar surface area (TPSA) is 46.2 Å². The van der Waals surface area contributed by atoms with Gasteiger partial charge >= 0.3 is 6.18 Å². The fourth-order valence-electron chi connectivity index (χ4n) is 1.32. The zero-order valence-electron chi connectivity index (χ0n) is 10.2. The monoisotopic (exact) mass is 313 g/mol. The molecule has 1 aromatic carbocycles. The molecule has 108 valence electrons. The molecule has 1 rings (SSSR count). The summed E-state index contributed by atoms with van der Waals surface area (Å²) in [6, 6.07) is 6.05. The molecule has 0 spiro atoms. The first kappa shape index (κ1) is 16.2. The van der Waals surface area contributed by atoms with E-state index < -0.39 is 22.0 Å². The van der Waals surface area contributed by atoms with Crippen LogP contribution < -0.4 is 4.72 Å². The van der Waals surface area contributed by atoms with Gasteiger partial charge in [-0.1, -0.05) is 19.1 Å². The first-order chi connectivity index (χ1) is 8.73. The minimum Gasteiger partial charge on any atom is -0.282 e. The van der Waals surface area contributed by atoms with E-state index in [-0.39, 0.29) is 16.3 Å². The van der Waals surface area contributed by atoms with Crippen LogP contribution in [0.5, 0.6) is 0 Å². The third-order valence-electron chi connectivity index (χ3n) is 2.02. The van der Waals surface area contributed by atoms with E-state index in [0.29, 0.717) is 18.2 Å². The van der Waals surface area contributed by atoms with Crippen LogP contribution in [0.3, 0.4) is 0 Å². The van der Waals surface area contributed by atoms with Crippen molar-refractivity contribution >= 4 is 27.5 Å². The van der Waals surface area contributed by atoms with Crippen LogP contribution in [0, 0.1) is 0 Å². The van der Waals surface area contributed by atoms with Gasteiger partial charge in [-0.05, 0) is 18.6 Å². The Labute approximate surface area is 114 Å². The number of anilines is 1. The van der Waals surface area contributed by atoms with Gasteiger partial charge in [-0.25, -0.2) is 8.42 Å². The lowest BCUT2D eigenvalue weighted by molar-refractivity contribution is -0.105. The summed E-state index contributed by atoms with van der Waals surface area (Å²) in [5, 5.41) is 0. The van der Waals surface area contributed by atoms with Gasteiger partial charge in [0.25, 0.3) is 0 Å². The van der Waals surface area contributed by atoms with Crippen LogP contribution in [0.4, 0.5) is 18.9 Å². The minimum absolute atomic E-state index is 0.0642. The quantitative estimate of drug-likeness (QED) is 0.818. The lowest BCUT2D eigenvalue weighted by atomic mass is 10.3. The zero-order chi connectivity index (χ0) is 14.5. The van der Waals surface area contributed by atoms with E-state index in [9.17, 15) is 21.6 Å². The van der Waals surface area contributed by atoms with Gasteiger partial charge < -0.3 is 0 Å². The van der Waals surface area contributed by atoms with Gasteiger partial charge in [-0.3, -0.25) is 4.72 Å². The maximum absolute atomic E-state index is 12.2. The number of para-hydroxylation sites is 1. The van der Waals surface area contributed by atoms with Gasteiger partial charge in [0.05, 0.1) is 17.2 Å². The molecule has 0 unspecified atom stereocenters. The molecule has 0 radical (unpaired) electrons. The Kier molecular flexibility index (Phi) is 5.54. The number of nitrogens with one attached hydrogen (secondary N) is 1. The van der Waals surface area contributed by atoms with Crippen LogP contribution in [0.2, 0.25) is 0 Å². The molecule has 19 heavy (non-hydrogen) atoms. The second kappa shape index (κ2) is 6.51. The van der Waals surface area contributed by atoms with E-state index in [1.165, 1.54) is 12.1 Å². The molecule has 0 saturated carbocycles. The van der Waals surface area contributed by atoms with Crippen LogP contribution in [0.25, 0.3) is 0 Å². The Bertz CT molecular complexity index is 515. The Morgan fingerprint density at radius 2 is 1.89 bits per heavy atom. The number of rotatable bonds is 6. The number of hydrogen-bond acceptors (Lipinski definition) is 3. The Morgan fingerprint density at radius 1 is 1.26 bits per heavy atom. The number of thioether (sulfide) groups is 1. The number of alkyl halides is 3. The fraction of sp³-hybridized carbons (Fsp3) is 0.455. The molecule has 0 saturated heterocycles. The largest absolute Gasteiger partial charge is 0.398 e. The maximum Gasteiger partial charge on any atom is 0.398 e. The van der Waals surface area contributed by atoms with Gasteiger partial charge in [0.15, 0.2) is 0 Å². The average Bonchev–Trinajstić information content (AvgIpc) is 2.26. The fourth-order valence-corrected chi connectivity index (χ4v) is 3.31. The van der Waals surface area contributed by atoms with Crippen molar-refractivity contribution in [3.8, 4) is 0 Å². The second-order valence-corrected chi connectivity index (χ2v) is 6.68. The molecule has 8 heteroatoms.